The number of carbonyl (C=O) groups excluding carboxylic acids is 1. The Morgan fingerprint density at radius 1 is 1.16 bits per heavy atom. The molecule has 124 valence electrons. The van der Waals surface area contributed by atoms with Crippen molar-refractivity contribution in [3.63, 3.8) is 0 Å². The molecular weight excluding hydrogens is 321 g/mol. The molecule has 2 N–H and O–H groups in total. The van der Waals surface area contributed by atoms with Gasteiger partial charge >= 0.3 is 0 Å². The number of amides is 1. The van der Waals surface area contributed by atoms with E-state index in [1.165, 1.54) is 12.3 Å². The summed E-state index contributed by atoms with van der Waals surface area (Å²) in [7, 11) is 0. The molecule has 0 radical (unpaired) electrons. The summed E-state index contributed by atoms with van der Waals surface area (Å²) in [5.74, 6) is -0.152. The second kappa shape index (κ2) is 6.20. The van der Waals surface area contributed by atoms with Crippen molar-refractivity contribution in [3.8, 4) is 5.95 Å². The van der Waals surface area contributed by atoms with Crippen LogP contribution in [0.4, 0.5) is 10.1 Å². The van der Waals surface area contributed by atoms with E-state index in [4.69, 9.17) is 0 Å². The highest BCUT2D eigenvalue weighted by atomic mass is 19.1. The first-order chi connectivity index (χ1) is 12.2. The van der Waals surface area contributed by atoms with Gasteiger partial charge in [-0.3, -0.25) is 4.79 Å². The van der Waals surface area contributed by atoms with E-state index in [0.717, 1.165) is 11.0 Å². The molecule has 0 aliphatic rings. The summed E-state index contributed by atoms with van der Waals surface area (Å²) in [5.41, 5.74) is 2.60. The zero-order chi connectivity index (χ0) is 17.2. The standard InChI is InChI=1S/C18H14FN5O/c19-14-6-2-1-5-12(14)9-17(25)21-13-10-20-24(11-13)18-22-15-7-3-4-8-16(15)23-18/h1-8,10-11H,9H2,(H,21,25)(H,22,23). The molecule has 4 rings (SSSR count). The summed E-state index contributed by atoms with van der Waals surface area (Å²) in [4.78, 5) is 19.7. The van der Waals surface area contributed by atoms with Crippen LogP contribution in [0.1, 0.15) is 5.56 Å². The third-order valence-electron chi connectivity index (χ3n) is 3.77. The van der Waals surface area contributed by atoms with E-state index in [1.807, 2.05) is 24.3 Å². The molecular formula is C18H14FN5O. The molecule has 2 heterocycles. The van der Waals surface area contributed by atoms with Gasteiger partial charge in [0.1, 0.15) is 5.82 Å². The van der Waals surface area contributed by atoms with Crippen molar-refractivity contribution < 1.29 is 9.18 Å². The Labute approximate surface area is 142 Å². The van der Waals surface area contributed by atoms with Gasteiger partial charge in [-0.05, 0) is 23.8 Å². The zero-order valence-corrected chi connectivity index (χ0v) is 13.1. The molecule has 0 aliphatic carbocycles. The Balaban J connectivity index is 1.49. The van der Waals surface area contributed by atoms with Gasteiger partial charge in [0.15, 0.2) is 0 Å². The summed E-state index contributed by atoms with van der Waals surface area (Å²) in [5, 5.41) is 6.90. The predicted molar refractivity (Wildman–Crippen MR) is 91.9 cm³/mol. The van der Waals surface area contributed by atoms with Crippen LogP contribution < -0.4 is 5.32 Å². The molecule has 1 amide bonds. The molecule has 0 saturated carbocycles. The lowest BCUT2D eigenvalue weighted by molar-refractivity contribution is -0.115. The Bertz CT molecular complexity index is 1020. The normalized spacial score (nSPS) is 10.9. The van der Waals surface area contributed by atoms with Crippen molar-refractivity contribution in [2.75, 3.05) is 5.32 Å². The van der Waals surface area contributed by atoms with Gasteiger partial charge in [0.2, 0.25) is 11.9 Å². The summed E-state index contributed by atoms with van der Waals surface area (Å²) >= 11 is 0. The Morgan fingerprint density at radius 3 is 2.80 bits per heavy atom. The average Bonchev–Trinajstić information content (AvgIpc) is 3.23. The molecule has 0 aliphatic heterocycles. The maximum atomic E-state index is 13.6. The van der Waals surface area contributed by atoms with Crippen molar-refractivity contribution in [3.05, 3.63) is 72.3 Å². The summed E-state index contributed by atoms with van der Waals surface area (Å²) < 4.78 is 15.1. The molecule has 4 aromatic rings. The first-order valence-corrected chi connectivity index (χ1v) is 7.72. The van der Waals surface area contributed by atoms with Crippen LogP contribution in [0.3, 0.4) is 0 Å². The van der Waals surface area contributed by atoms with Crippen molar-refractivity contribution in [1.82, 2.24) is 19.7 Å². The number of carbonyl (C=O) groups is 1. The van der Waals surface area contributed by atoms with Gasteiger partial charge in [-0.1, -0.05) is 30.3 Å². The van der Waals surface area contributed by atoms with E-state index in [1.54, 1.807) is 29.1 Å². The van der Waals surface area contributed by atoms with Gasteiger partial charge in [0.25, 0.3) is 0 Å². The topological polar surface area (TPSA) is 75.6 Å². The molecule has 2 aromatic heterocycles. The maximum Gasteiger partial charge on any atom is 0.229 e. The van der Waals surface area contributed by atoms with Crippen molar-refractivity contribution in [1.29, 1.82) is 0 Å². The quantitative estimate of drug-likeness (QED) is 0.602. The van der Waals surface area contributed by atoms with E-state index in [9.17, 15) is 9.18 Å². The summed E-state index contributed by atoms with van der Waals surface area (Å²) in [6.07, 6.45) is 3.13. The number of hydrogen-bond donors (Lipinski definition) is 2. The lowest BCUT2D eigenvalue weighted by Gasteiger charge is -2.03. The number of aromatic nitrogens is 4. The number of hydrogen-bond acceptors (Lipinski definition) is 3. The highest BCUT2D eigenvalue weighted by Gasteiger charge is 2.11. The third-order valence-corrected chi connectivity index (χ3v) is 3.77. The minimum Gasteiger partial charge on any atom is -0.323 e. The number of H-pyrrole nitrogens is 1. The molecule has 0 unspecified atom stereocenters. The fourth-order valence-electron chi connectivity index (χ4n) is 2.57. The van der Waals surface area contributed by atoms with E-state index in [-0.39, 0.29) is 12.3 Å². The third kappa shape index (κ3) is 3.12. The SMILES string of the molecule is O=C(Cc1ccccc1F)Nc1cnn(-c2nc3ccccc3[nH]2)c1. The second-order valence-electron chi connectivity index (χ2n) is 5.57. The van der Waals surface area contributed by atoms with Crippen LogP contribution >= 0.6 is 0 Å². The monoisotopic (exact) mass is 335 g/mol. The van der Waals surface area contributed by atoms with Crippen molar-refractivity contribution >= 4 is 22.6 Å². The Hall–Kier alpha value is -3.48. The number of imidazole rings is 1. The number of benzene rings is 2. The van der Waals surface area contributed by atoms with E-state index in [2.05, 4.69) is 20.4 Å². The lowest BCUT2D eigenvalue weighted by Crippen LogP contribution is -2.14. The smallest absolute Gasteiger partial charge is 0.229 e. The van der Waals surface area contributed by atoms with Gasteiger partial charge in [-0.15, -0.1) is 0 Å². The van der Waals surface area contributed by atoms with Crippen LogP contribution in [0.2, 0.25) is 0 Å². The van der Waals surface area contributed by atoms with E-state index >= 15 is 0 Å². The van der Waals surface area contributed by atoms with Gasteiger partial charge in [0.05, 0.1) is 35.5 Å². The fraction of sp³-hybridized carbons (Fsp3) is 0.0556. The predicted octanol–water partition coefficient (Wildman–Crippen LogP) is 3.07. The number of nitrogens with one attached hydrogen (secondary N) is 2. The van der Waals surface area contributed by atoms with Crippen LogP contribution in [0.25, 0.3) is 17.0 Å². The molecule has 0 bridgehead atoms. The number of rotatable bonds is 4. The zero-order valence-electron chi connectivity index (χ0n) is 13.1. The number of halogens is 1. The van der Waals surface area contributed by atoms with E-state index < -0.39 is 5.82 Å². The average molecular weight is 335 g/mol. The molecule has 2 aromatic carbocycles. The number of anilines is 1. The lowest BCUT2D eigenvalue weighted by atomic mass is 10.1. The van der Waals surface area contributed by atoms with Gasteiger partial charge in [-0.2, -0.15) is 5.10 Å². The molecule has 0 spiro atoms. The Morgan fingerprint density at radius 2 is 1.96 bits per heavy atom. The van der Waals surface area contributed by atoms with Crippen LogP contribution in [0, 0.1) is 5.82 Å². The Kier molecular flexibility index (Phi) is 3.74. The number of nitrogens with zero attached hydrogens (tertiary/aromatic N) is 3. The minimum absolute atomic E-state index is 0.0392. The first kappa shape index (κ1) is 15.1. The highest BCUT2D eigenvalue weighted by molar-refractivity contribution is 5.92. The highest BCUT2D eigenvalue weighted by Crippen LogP contribution is 2.15. The van der Waals surface area contributed by atoms with Crippen LogP contribution in [-0.4, -0.2) is 25.7 Å². The number of fused-ring (bicyclic) bond motifs is 1. The molecule has 25 heavy (non-hydrogen) atoms. The van der Waals surface area contributed by atoms with E-state index in [0.29, 0.717) is 17.2 Å². The molecule has 0 saturated heterocycles. The summed E-state index contributed by atoms with van der Waals surface area (Å²) in [6.45, 7) is 0. The number of para-hydroxylation sites is 2. The second-order valence-corrected chi connectivity index (χ2v) is 5.57. The molecule has 7 heteroatoms. The van der Waals surface area contributed by atoms with Gasteiger partial charge < -0.3 is 10.3 Å². The molecule has 0 atom stereocenters. The van der Waals surface area contributed by atoms with Crippen molar-refractivity contribution in [2.45, 2.75) is 6.42 Å². The van der Waals surface area contributed by atoms with Crippen LogP contribution in [-0.2, 0) is 11.2 Å². The van der Waals surface area contributed by atoms with Crippen LogP contribution in [0.15, 0.2) is 60.9 Å². The van der Waals surface area contributed by atoms with Gasteiger partial charge in [0, 0.05) is 0 Å². The molecule has 0 fully saturated rings. The first-order valence-electron chi connectivity index (χ1n) is 7.72. The van der Waals surface area contributed by atoms with Crippen molar-refractivity contribution in [2.24, 2.45) is 0 Å². The summed E-state index contributed by atoms with van der Waals surface area (Å²) in [6, 6.07) is 13.9. The van der Waals surface area contributed by atoms with Gasteiger partial charge in [-0.25, -0.2) is 14.1 Å². The minimum atomic E-state index is -0.393. The largest absolute Gasteiger partial charge is 0.323 e. The molecule has 6 nitrogen and oxygen atoms in total. The number of aromatic amines is 1. The fourth-order valence-corrected chi connectivity index (χ4v) is 2.57. The van der Waals surface area contributed by atoms with Crippen LogP contribution in [0.5, 0.6) is 0 Å². The maximum absolute atomic E-state index is 13.6.